The van der Waals surface area contributed by atoms with E-state index in [0.29, 0.717) is 5.69 Å². The number of benzene rings is 1. The SMILES string of the molecule is NNc1ccc(S(=O)(=O)NCc2cccnc2)cc1. The van der Waals surface area contributed by atoms with Crippen molar-refractivity contribution in [3.8, 4) is 0 Å². The van der Waals surface area contributed by atoms with Gasteiger partial charge in [-0.3, -0.25) is 10.8 Å². The van der Waals surface area contributed by atoms with Crippen LogP contribution in [0.3, 0.4) is 0 Å². The van der Waals surface area contributed by atoms with Crippen LogP contribution >= 0.6 is 0 Å². The number of nitrogens with zero attached hydrogens (tertiary/aromatic N) is 1. The Morgan fingerprint density at radius 3 is 2.47 bits per heavy atom. The average molecular weight is 278 g/mol. The molecule has 0 amide bonds. The van der Waals surface area contributed by atoms with Gasteiger partial charge >= 0.3 is 0 Å². The molecule has 0 aliphatic carbocycles. The van der Waals surface area contributed by atoms with E-state index in [4.69, 9.17) is 5.84 Å². The van der Waals surface area contributed by atoms with E-state index < -0.39 is 10.0 Å². The van der Waals surface area contributed by atoms with Crippen LogP contribution in [0.1, 0.15) is 5.56 Å². The molecule has 0 saturated carbocycles. The van der Waals surface area contributed by atoms with Crippen LogP contribution in [0, 0.1) is 0 Å². The number of anilines is 1. The topological polar surface area (TPSA) is 97.1 Å². The summed E-state index contributed by atoms with van der Waals surface area (Å²) in [6.07, 6.45) is 3.25. The number of aromatic nitrogens is 1. The molecular weight excluding hydrogens is 264 g/mol. The highest BCUT2D eigenvalue weighted by molar-refractivity contribution is 7.89. The maximum Gasteiger partial charge on any atom is 0.240 e. The molecule has 6 nitrogen and oxygen atoms in total. The fourth-order valence-corrected chi connectivity index (χ4v) is 2.51. The first-order valence-electron chi connectivity index (χ1n) is 5.57. The second kappa shape index (κ2) is 5.79. The third-order valence-electron chi connectivity index (χ3n) is 2.52. The van der Waals surface area contributed by atoms with Gasteiger partial charge in [-0.2, -0.15) is 0 Å². The molecule has 1 heterocycles. The lowest BCUT2D eigenvalue weighted by atomic mass is 10.3. The van der Waals surface area contributed by atoms with Gasteiger partial charge in [-0.15, -0.1) is 0 Å². The van der Waals surface area contributed by atoms with E-state index >= 15 is 0 Å². The molecule has 0 aliphatic rings. The summed E-state index contributed by atoms with van der Waals surface area (Å²) in [5.41, 5.74) is 3.88. The molecule has 0 aliphatic heterocycles. The molecule has 0 bridgehead atoms. The molecule has 7 heteroatoms. The number of rotatable bonds is 5. The van der Waals surface area contributed by atoms with Gasteiger partial charge in [-0.05, 0) is 35.9 Å². The normalized spacial score (nSPS) is 11.2. The molecule has 2 rings (SSSR count). The van der Waals surface area contributed by atoms with Gasteiger partial charge in [0.15, 0.2) is 0 Å². The van der Waals surface area contributed by atoms with Crippen molar-refractivity contribution in [2.45, 2.75) is 11.4 Å². The number of nitrogens with two attached hydrogens (primary N) is 1. The van der Waals surface area contributed by atoms with Crippen molar-refractivity contribution in [3.63, 3.8) is 0 Å². The van der Waals surface area contributed by atoms with Crippen LogP contribution in [-0.4, -0.2) is 13.4 Å². The number of nitrogens with one attached hydrogen (secondary N) is 2. The first-order valence-corrected chi connectivity index (χ1v) is 7.05. The lowest BCUT2D eigenvalue weighted by Gasteiger charge is -2.07. The van der Waals surface area contributed by atoms with E-state index in [1.54, 1.807) is 36.7 Å². The maximum absolute atomic E-state index is 12.0. The zero-order valence-electron chi connectivity index (χ0n) is 10.1. The van der Waals surface area contributed by atoms with Crippen LogP contribution in [-0.2, 0) is 16.6 Å². The quantitative estimate of drug-likeness (QED) is 0.556. The minimum atomic E-state index is -3.53. The van der Waals surface area contributed by atoms with Gasteiger partial charge in [-0.1, -0.05) is 6.07 Å². The predicted octanol–water partition coefficient (Wildman–Crippen LogP) is 0.846. The van der Waals surface area contributed by atoms with Gasteiger partial charge in [0, 0.05) is 24.6 Å². The molecule has 0 spiro atoms. The highest BCUT2D eigenvalue weighted by atomic mass is 32.2. The average Bonchev–Trinajstić information content (AvgIpc) is 2.46. The molecule has 1 aromatic carbocycles. The van der Waals surface area contributed by atoms with Crippen LogP contribution in [0.4, 0.5) is 5.69 Å². The number of hydrazine groups is 1. The number of sulfonamides is 1. The van der Waals surface area contributed by atoms with E-state index in [-0.39, 0.29) is 11.4 Å². The lowest BCUT2D eigenvalue weighted by molar-refractivity contribution is 0.581. The number of nitrogen functional groups attached to an aromatic ring is 1. The number of hydrogen-bond acceptors (Lipinski definition) is 5. The minimum Gasteiger partial charge on any atom is -0.324 e. The Bertz CT molecular complexity index is 627. The Balaban J connectivity index is 2.09. The van der Waals surface area contributed by atoms with E-state index in [0.717, 1.165) is 5.56 Å². The maximum atomic E-state index is 12.0. The van der Waals surface area contributed by atoms with Gasteiger partial charge in [0.2, 0.25) is 10.0 Å². The zero-order valence-corrected chi connectivity index (χ0v) is 10.9. The monoisotopic (exact) mass is 278 g/mol. The van der Waals surface area contributed by atoms with Crippen molar-refractivity contribution < 1.29 is 8.42 Å². The van der Waals surface area contributed by atoms with Gasteiger partial charge in [0.05, 0.1) is 4.90 Å². The van der Waals surface area contributed by atoms with E-state index in [2.05, 4.69) is 15.1 Å². The Morgan fingerprint density at radius 2 is 1.89 bits per heavy atom. The van der Waals surface area contributed by atoms with Crippen molar-refractivity contribution in [1.82, 2.24) is 9.71 Å². The minimum absolute atomic E-state index is 0.190. The smallest absolute Gasteiger partial charge is 0.240 e. The van der Waals surface area contributed by atoms with Crippen molar-refractivity contribution in [2.75, 3.05) is 5.43 Å². The van der Waals surface area contributed by atoms with Crippen LogP contribution in [0.2, 0.25) is 0 Å². The highest BCUT2D eigenvalue weighted by Crippen LogP contribution is 2.13. The molecule has 1 aromatic heterocycles. The molecule has 0 saturated heterocycles. The van der Waals surface area contributed by atoms with Crippen molar-refractivity contribution in [3.05, 3.63) is 54.4 Å². The standard InChI is InChI=1S/C12H14N4O2S/c13-16-11-3-5-12(6-4-11)19(17,18)15-9-10-2-1-7-14-8-10/h1-8,15-16H,9,13H2. The Kier molecular flexibility index (Phi) is 4.10. The summed E-state index contributed by atoms with van der Waals surface area (Å²) in [6.45, 7) is 0.201. The summed E-state index contributed by atoms with van der Waals surface area (Å²) in [6, 6.07) is 9.72. The molecule has 2 aromatic rings. The largest absolute Gasteiger partial charge is 0.324 e. The Morgan fingerprint density at radius 1 is 1.16 bits per heavy atom. The molecule has 0 radical (unpaired) electrons. The summed E-state index contributed by atoms with van der Waals surface area (Å²) in [5.74, 6) is 5.22. The lowest BCUT2D eigenvalue weighted by Crippen LogP contribution is -2.23. The second-order valence-electron chi connectivity index (χ2n) is 3.85. The molecule has 4 N–H and O–H groups in total. The zero-order chi connectivity index (χ0) is 13.7. The number of pyridine rings is 1. The molecule has 0 atom stereocenters. The summed E-state index contributed by atoms with van der Waals surface area (Å²) < 4.78 is 26.6. The van der Waals surface area contributed by atoms with Gasteiger partial charge in [0.25, 0.3) is 0 Å². The van der Waals surface area contributed by atoms with Gasteiger partial charge in [0.1, 0.15) is 0 Å². The van der Waals surface area contributed by atoms with Crippen LogP contribution < -0.4 is 16.0 Å². The Hall–Kier alpha value is -1.96. The van der Waals surface area contributed by atoms with Crippen LogP contribution in [0.5, 0.6) is 0 Å². The summed E-state index contributed by atoms with van der Waals surface area (Å²) >= 11 is 0. The van der Waals surface area contributed by atoms with E-state index in [1.165, 1.54) is 12.1 Å². The molecule has 19 heavy (non-hydrogen) atoms. The molecule has 0 fully saturated rings. The van der Waals surface area contributed by atoms with Crippen molar-refractivity contribution in [1.29, 1.82) is 0 Å². The van der Waals surface area contributed by atoms with Crippen LogP contribution in [0.25, 0.3) is 0 Å². The summed E-state index contributed by atoms with van der Waals surface area (Å²) in [7, 11) is -3.53. The summed E-state index contributed by atoms with van der Waals surface area (Å²) in [5, 5.41) is 0. The first kappa shape index (κ1) is 13.5. The van der Waals surface area contributed by atoms with E-state index in [9.17, 15) is 8.42 Å². The highest BCUT2D eigenvalue weighted by Gasteiger charge is 2.13. The Labute approximate surface area is 111 Å². The van der Waals surface area contributed by atoms with Gasteiger partial charge < -0.3 is 5.43 Å². The van der Waals surface area contributed by atoms with Crippen molar-refractivity contribution in [2.24, 2.45) is 5.84 Å². The third kappa shape index (κ3) is 3.50. The third-order valence-corrected chi connectivity index (χ3v) is 3.94. The first-order chi connectivity index (χ1) is 9.12. The van der Waals surface area contributed by atoms with Gasteiger partial charge in [-0.25, -0.2) is 13.1 Å². The molecule has 0 unspecified atom stereocenters. The predicted molar refractivity (Wildman–Crippen MR) is 72.5 cm³/mol. The second-order valence-corrected chi connectivity index (χ2v) is 5.62. The van der Waals surface area contributed by atoms with E-state index in [1.807, 2.05) is 0 Å². The molecular formula is C12H14N4O2S. The fourth-order valence-electron chi connectivity index (χ4n) is 1.49. The van der Waals surface area contributed by atoms with Crippen LogP contribution in [0.15, 0.2) is 53.7 Å². The number of hydrogen-bond donors (Lipinski definition) is 3. The molecule has 100 valence electrons. The fraction of sp³-hybridized carbons (Fsp3) is 0.0833. The summed E-state index contributed by atoms with van der Waals surface area (Å²) in [4.78, 5) is 4.11. The van der Waals surface area contributed by atoms with Crippen molar-refractivity contribution >= 4 is 15.7 Å².